The van der Waals surface area contributed by atoms with Crippen molar-refractivity contribution in [3.05, 3.63) is 48.0 Å². The number of aromatic nitrogens is 3. The number of nitrogens with zero attached hydrogens (tertiary/aromatic N) is 3. The molecule has 0 spiro atoms. The Kier molecular flexibility index (Phi) is 2.53. The van der Waals surface area contributed by atoms with Crippen molar-refractivity contribution in [1.82, 2.24) is 20.1 Å². The maximum atomic E-state index is 13.9. The van der Waals surface area contributed by atoms with Gasteiger partial charge in [-0.15, -0.1) is 10.2 Å². The Bertz CT molecular complexity index is 794. The van der Waals surface area contributed by atoms with Crippen LogP contribution in [0.3, 0.4) is 0 Å². The first-order valence-corrected chi connectivity index (χ1v) is 6.65. The summed E-state index contributed by atoms with van der Waals surface area (Å²) in [6, 6.07) is 10.8. The third-order valence-electron chi connectivity index (χ3n) is 3.73. The smallest absolute Gasteiger partial charge is 0.164 e. The zero-order valence-electron chi connectivity index (χ0n) is 10.8. The third-order valence-corrected chi connectivity index (χ3v) is 3.73. The molecule has 0 bridgehead atoms. The fourth-order valence-electron chi connectivity index (χ4n) is 2.75. The lowest BCUT2D eigenvalue weighted by atomic mass is 10.0. The Labute approximate surface area is 115 Å². The molecule has 100 valence electrons. The minimum Gasteiger partial charge on any atom is -0.309 e. The number of nitrogens with one attached hydrogen (secondary N) is 1. The van der Waals surface area contributed by atoms with E-state index in [2.05, 4.69) is 20.1 Å². The lowest BCUT2D eigenvalue weighted by Gasteiger charge is -2.16. The normalized spacial score (nSPS) is 14.4. The average Bonchev–Trinajstić information content (AvgIpc) is 2.92. The number of hydrogen-bond donors (Lipinski definition) is 1. The summed E-state index contributed by atoms with van der Waals surface area (Å²) in [5.74, 6) is 1.54. The number of fused-ring (bicyclic) bond motifs is 2. The van der Waals surface area contributed by atoms with E-state index in [1.807, 2.05) is 18.2 Å². The molecule has 20 heavy (non-hydrogen) atoms. The van der Waals surface area contributed by atoms with Crippen LogP contribution in [-0.4, -0.2) is 21.3 Å². The Morgan fingerprint density at radius 1 is 1.05 bits per heavy atom. The fraction of sp³-hybridized carbons (Fsp3) is 0.200. The quantitative estimate of drug-likeness (QED) is 0.736. The molecule has 2 heterocycles. The van der Waals surface area contributed by atoms with Crippen LogP contribution in [-0.2, 0) is 13.1 Å². The summed E-state index contributed by atoms with van der Waals surface area (Å²) in [4.78, 5) is 0. The predicted octanol–water partition coefficient (Wildman–Crippen LogP) is 2.34. The highest BCUT2D eigenvalue weighted by Gasteiger charge is 2.18. The number of benzene rings is 2. The summed E-state index contributed by atoms with van der Waals surface area (Å²) >= 11 is 0. The second kappa shape index (κ2) is 4.38. The van der Waals surface area contributed by atoms with Crippen LogP contribution in [0.4, 0.5) is 4.39 Å². The van der Waals surface area contributed by atoms with E-state index in [9.17, 15) is 4.39 Å². The van der Waals surface area contributed by atoms with Gasteiger partial charge in [0, 0.05) is 24.0 Å². The summed E-state index contributed by atoms with van der Waals surface area (Å²) in [7, 11) is 0. The van der Waals surface area contributed by atoms with Gasteiger partial charge in [-0.3, -0.25) is 0 Å². The number of hydrogen-bond acceptors (Lipinski definition) is 3. The van der Waals surface area contributed by atoms with Gasteiger partial charge in [0.1, 0.15) is 11.6 Å². The van der Waals surface area contributed by atoms with E-state index < -0.39 is 0 Å². The SMILES string of the molecule is Fc1ccc(-c2nnc3n2CCNC3)c2ccccc12. The van der Waals surface area contributed by atoms with E-state index in [-0.39, 0.29) is 5.82 Å². The molecule has 5 heteroatoms. The molecule has 0 atom stereocenters. The van der Waals surface area contributed by atoms with E-state index >= 15 is 0 Å². The van der Waals surface area contributed by atoms with E-state index in [0.29, 0.717) is 5.39 Å². The van der Waals surface area contributed by atoms with Gasteiger partial charge >= 0.3 is 0 Å². The first kappa shape index (κ1) is 11.5. The third kappa shape index (κ3) is 1.63. The Morgan fingerprint density at radius 3 is 2.80 bits per heavy atom. The zero-order valence-corrected chi connectivity index (χ0v) is 10.8. The minimum atomic E-state index is -0.204. The molecule has 0 aliphatic carbocycles. The van der Waals surface area contributed by atoms with Crippen molar-refractivity contribution in [2.45, 2.75) is 13.1 Å². The molecular formula is C15H13FN4. The maximum absolute atomic E-state index is 13.9. The second-order valence-corrected chi connectivity index (χ2v) is 4.91. The molecular weight excluding hydrogens is 255 g/mol. The monoisotopic (exact) mass is 268 g/mol. The van der Waals surface area contributed by atoms with Gasteiger partial charge in [-0.25, -0.2) is 4.39 Å². The van der Waals surface area contributed by atoms with E-state index in [1.165, 1.54) is 6.07 Å². The molecule has 0 saturated carbocycles. The van der Waals surface area contributed by atoms with Gasteiger partial charge in [-0.2, -0.15) is 0 Å². The Balaban J connectivity index is 1.99. The summed E-state index contributed by atoms with van der Waals surface area (Å²) in [5, 5.41) is 13.3. The van der Waals surface area contributed by atoms with Crippen molar-refractivity contribution < 1.29 is 4.39 Å². The summed E-state index contributed by atoms with van der Waals surface area (Å²) in [6.07, 6.45) is 0. The first-order chi connectivity index (χ1) is 9.84. The summed E-state index contributed by atoms with van der Waals surface area (Å²) in [6.45, 7) is 2.46. The standard InChI is InChI=1S/C15H13FN4/c16-13-6-5-12(10-3-1-2-4-11(10)13)15-19-18-14-9-17-7-8-20(14)15/h1-6,17H,7-9H2. The van der Waals surface area contributed by atoms with Crippen LogP contribution in [0.15, 0.2) is 36.4 Å². The summed E-state index contributed by atoms with van der Waals surface area (Å²) < 4.78 is 16.0. The van der Waals surface area contributed by atoms with Gasteiger partial charge in [0.05, 0.1) is 6.54 Å². The molecule has 0 amide bonds. The van der Waals surface area contributed by atoms with Crippen LogP contribution < -0.4 is 5.32 Å². The molecule has 4 rings (SSSR count). The molecule has 1 aliphatic heterocycles. The topological polar surface area (TPSA) is 42.7 Å². The summed E-state index contributed by atoms with van der Waals surface area (Å²) in [5.41, 5.74) is 0.933. The molecule has 0 fully saturated rings. The molecule has 0 radical (unpaired) electrons. The molecule has 3 aromatic rings. The maximum Gasteiger partial charge on any atom is 0.164 e. The van der Waals surface area contributed by atoms with Crippen molar-refractivity contribution >= 4 is 10.8 Å². The lowest BCUT2D eigenvalue weighted by molar-refractivity contribution is 0.508. The molecule has 1 aromatic heterocycles. The van der Waals surface area contributed by atoms with Gasteiger partial charge in [-0.05, 0) is 17.5 Å². The van der Waals surface area contributed by atoms with Gasteiger partial charge in [0.2, 0.25) is 0 Å². The molecule has 0 saturated heterocycles. The lowest BCUT2D eigenvalue weighted by Crippen LogP contribution is -2.28. The van der Waals surface area contributed by atoms with Crippen molar-refractivity contribution in [1.29, 1.82) is 0 Å². The Hall–Kier alpha value is -2.27. The van der Waals surface area contributed by atoms with Gasteiger partial charge < -0.3 is 9.88 Å². The van der Waals surface area contributed by atoms with Crippen LogP contribution >= 0.6 is 0 Å². The largest absolute Gasteiger partial charge is 0.309 e. The number of halogens is 1. The van der Waals surface area contributed by atoms with E-state index in [4.69, 9.17) is 0 Å². The van der Waals surface area contributed by atoms with Gasteiger partial charge in [0.15, 0.2) is 5.82 Å². The highest BCUT2D eigenvalue weighted by atomic mass is 19.1. The van der Waals surface area contributed by atoms with E-state index in [1.54, 1.807) is 12.1 Å². The van der Waals surface area contributed by atoms with E-state index in [0.717, 1.165) is 42.2 Å². The van der Waals surface area contributed by atoms with Crippen molar-refractivity contribution in [3.8, 4) is 11.4 Å². The molecule has 0 unspecified atom stereocenters. The highest BCUT2D eigenvalue weighted by molar-refractivity contribution is 5.95. The van der Waals surface area contributed by atoms with Crippen molar-refractivity contribution in [3.63, 3.8) is 0 Å². The van der Waals surface area contributed by atoms with Crippen LogP contribution in [0.5, 0.6) is 0 Å². The minimum absolute atomic E-state index is 0.204. The van der Waals surface area contributed by atoms with Gasteiger partial charge in [0.25, 0.3) is 0 Å². The number of rotatable bonds is 1. The fourth-order valence-corrected chi connectivity index (χ4v) is 2.75. The second-order valence-electron chi connectivity index (χ2n) is 4.91. The van der Waals surface area contributed by atoms with Crippen LogP contribution in [0.1, 0.15) is 5.82 Å². The average molecular weight is 268 g/mol. The molecule has 2 aromatic carbocycles. The predicted molar refractivity (Wildman–Crippen MR) is 74.6 cm³/mol. The van der Waals surface area contributed by atoms with Crippen LogP contribution in [0.2, 0.25) is 0 Å². The molecule has 1 N–H and O–H groups in total. The first-order valence-electron chi connectivity index (χ1n) is 6.65. The van der Waals surface area contributed by atoms with Crippen LogP contribution in [0, 0.1) is 5.82 Å². The van der Waals surface area contributed by atoms with Gasteiger partial charge in [-0.1, -0.05) is 24.3 Å². The highest BCUT2D eigenvalue weighted by Crippen LogP contribution is 2.29. The zero-order chi connectivity index (χ0) is 13.5. The Morgan fingerprint density at radius 2 is 1.90 bits per heavy atom. The van der Waals surface area contributed by atoms with Crippen LogP contribution in [0.25, 0.3) is 22.2 Å². The molecule has 4 nitrogen and oxygen atoms in total. The van der Waals surface area contributed by atoms with Crippen molar-refractivity contribution in [2.24, 2.45) is 0 Å². The van der Waals surface area contributed by atoms with Crippen molar-refractivity contribution in [2.75, 3.05) is 6.54 Å². The molecule has 1 aliphatic rings.